The number of carboxylic acid groups (broad SMARTS) is 1. The molecule has 9 heteroatoms. The fourth-order valence-electron chi connectivity index (χ4n) is 2.26. The van der Waals surface area contributed by atoms with Crippen molar-refractivity contribution < 1.29 is 29.1 Å². The van der Waals surface area contributed by atoms with Gasteiger partial charge in [0.05, 0.1) is 17.1 Å². The van der Waals surface area contributed by atoms with E-state index < -0.39 is 46.0 Å². The second-order valence-corrected chi connectivity index (χ2v) is 4.62. The van der Waals surface area contributed by atoms with Crippen molar-refractivity contribution in [3.8, 4) is 0 Å². The number of carboxylic acids is 1. The zero-order chi connectivity index (χ0) is 15.7. The normalized spacial score (nSPS) is 21.3. The molecule has 1 heterocycles. The zero-order valence-corrected chi connectivity index (χ0v) is 10.6. The Morgan fingerprint density at radius 3 is 2.67 bits per heavy atom. The van der Waals surface area contributed by atoms with E-state index in [0.717, 1.165) is 17.0 Å². The topological polar surface area (TPSA) is 121 Å². The van der Waals surface area contributed by atoms with Crippen LogP contribution in [-0.4, -0.2) is 50.6 Å². The molecule has 1 aromatic rings. The minimum Gasteiger partial charge on any atom is -0.480 e. The zero-order valence-electron chi connectivity index (χ0n) is 10.6. The lowest BCUT2D eigenvalue weighted by molar-refractivity contribution is -0.385. The summed E-state index contributed by atoms with van der Waals surface area (Å²) >= 11 is 0. The van der Waals surface area contributed by atoms with Gasteiger partial charge in [0.25, 0.3) is 11.6 Å². The maximum absolute atomic E-state index is 13.1. The molecule has 0 radical (unpaired) electrons. The van der Waals surface area contributed by atoms with Gasteiger partial charge < -0.3 is 15.1 Å². The van der Waals surface area contributed by atoms with E-state index in [1.165, 1.54) is 0 Å². The van der Waals surface area contributed by atoms with Crippen LogP contribution in [0.15, 0.2) is 18.2 Å². The molecule has 1 aliphatic rings. The molecule has 1 fully saturated rings. The molecule has 2 N–H and O–H groups in total. The second kappa shape index (κ2) is 5.44. The third-order valence-corrected chi connectivity index (χ3v) is 3.21. The van der Waals surface area contributed by atoms with Gasteiger partial charge in [-0.15, -0.1) is 0 Å². The minimum atomic E-state index is -1.32. The highest BCUT2D eigenvalue weighted by molar-refractivity contribution is 6.00. The lowest BCUT2D eigenvalue weighted by Crippen LogP contribution is -2.40. The van der Waals surface area contributed by atoms with Crippen LogP contribution in [-0.2, 0) is 4.79 Å². The lowest BCUT2D eigenvalue weighted by Gasteiger charge is -2.21. The number of halogens is 1. The third-order valence-electron chi connectivity index (χ3n) is 3.21. The largest absolute Gasteiger partial charge is 0.480 e. The molecule has 1 amide bonds. The summed E-state index contributed by atoms with van der Waals surface area (Å²) in [6, 6.07) is 1.13. The number of likely N-dealkylation sites (tertiary alicyclic amines) is 1. The maximum atomic E-state index is 13.1. The first kappa shape index (κ1) is 14.9. The minimum absolute atomic E-state index is 0.157. The monoisotopic (exact) mass is 298 g/mol. The van der Waals surface area contributed by atoms with E-state index in [1.54, 1.807) is 0 Å². The molecular weight excluding hydrogens is 287 g/mol. The van der Waals surface area contributed by atoms with Crippen molar-refractivity contribution in [3.05, 3.63) is 39.7 Å². The van der Waals surface area contributed by atoms with Crippen LogP contribution in [0.3, 0.4) is 0 Å². The Balaban J connectivity index is 2.40. The van der Waals surface area contributed by atoms with Gasteiger partial charge in [-0.2, -0.15) is 0 Å². The Bertz CT molecular complexity index is 620. The third kappa shape index (κ3) is 2.82. The van der Waals surface area contributed by atoms with Crippen LogP contribution in [0.1, 0.15) is 16.8 Å². The number of carbonyl (C=O) groups excluding carboxylic acids is 1. The molecule has 0 bridgehead atoms. The number of hydrogen-bond acceptors (Lipinski definition) is 5. The van der Waals surface area contributed by atoms with Crippen LogP contribution >= 0.6 is 0 Å². The summed E-state index contributed by atoms with van der Waals surface area (Å²) in [5.41, 5.74) is -1.16. The molecule has 8 nitrogen and oxygen atoms in total. The van der Waals surface area contributed by atoms with E-state index in [-0.39, 0.29) is 13.0 Å². The molecule has 112 valence electrons. The number of carbonyl (C=O) groups is 2. The smallest absolute Gasteiger partial charge is 0.326 e. The standard InChI is InChI=1S/C12H11FN2O6/c13-6-1-2-8(9(3-6)15(20)21)11(17)14-5-7(16)4-10(14)12(18)19/h1-3,7,10,16H,4-5H2,(H,18,19). The first-order chi connectivity index (χ1) is 9.81. The van der Waals surface area contributed by atoms with Crippen molar-refractivity contribution in [2.24, 2.45) is 0 Å². The Morgan fingerprint density at radius 2 is 2.10 bits per heavy atom. The Kier molecular flexibility index (Phi) is 3.85. The number of amides is 1. The van der Waals surface area contributed by atoms with E-state index in [1.807, 2.05) is 0 Å². The van der Waals surface area contributed by atoms with E-state index in [2.05, 4.69) is 0 Å². The molecule has 2 unspecified atom stereocenters. The van der Waals surface area contributed by atoms with Crippen LogP contribution in [0.4, 0.5) is 10.1 Å². The molecule has 0 aromatic heterocycles. The van der Waals surface area contributed by atoms with Crippen LogP contribution in [0.5, 0.6) is 0 Å². The summed E-state index contributed by atoms with van der Waals surface area (Å²) in [7, 11) is 0. The number of benzene rings is 1. The number of nitro benzene ring substituents is 1. The molecule has 2 atom stereocenters. The number of nitrogens with zero attached hydrogens (tertiary/aromatic N) is 2. The van der Waals surface area contributed by atoms with Gasteiger partial charge in [-0.1, -0.05) is 0 Å². The molecule has 0 spiro atoms. The number of hydrogen-bond donors (Lipinski definition) is 2. The van der Waals surface area contributed by atoms with E-state index in [9.17, 15) is 29.2 Å². The Labute approximate surface area is 117 Å². The molecule has 0 aliphatic carbocycles. The fourth-order valence-corrected chi connectivity index (χ4v) is 2.26. The average molecular weight is 298 g/mol. The number of aliphatic hydroxyl groups is 1. The van der Waals surface area contributed by atoms with Gasteiger partial charge in [0.2, 0.25) is 0 Å². The summed E-state index contributed by atoms with van der Waals surface area (Å²) in [6.45, 7) is -0.246. The molecule has 1 aliphatic heterocycles. The molecule has 1 aromatic carbocycles. The number of nitro groups is 1. The van der Waals surface area contributed by atoms with E-state index in [4.69, 9.17) is 5.11 Å². The van der Waals surface area contributed by atoms with Crippen LogP contribution in [0, 0.1) is 15.9 Å². The molecule has 21 heavy (non-hydrogen) atoms. The first-order valence-electron chi connectivity index (χ1n) is 5.97. The summed E-state index contributed by atoms with van der Waals surface area (Å²) < 4.78 is 13.1. The van der Waals surface area contributed by atoms with Gasteiger partial charge in [-0.3, -0.25) is 14.9 Å². The molecule has 0 saturated carbocycles. The van der Waals surface area contributed by atoms with Crippen molar-refractivity contribution in [1.29, 1.82) is 0 Å². The number of rotatable bonds is 3. The molecule has 1 saturated heterocycles. The van der Waals surface area contributed by atoms with Crippen LogP contribution < -0.4 is 0 Å². The van der Waals surface area contributed by atoms with Gasteiger partial charge in [0, 0.05) is 13.0 Å². The summed E-state index contributed by atoms with van der Waals surface area (Å²) in [4.78, 5) is 34.1. The van der Waals surface area contributed by atoms with Gasteiger partial charge in [-0.05, 0) is 12.1 Å². The average Bonchev–Trinajstić information content (AvgIpc) is 2.80. The Morgan fingerprint density at radius 1 is 1.43 bits per heavy atom. The van der Waals surface area contributed by atoms with E-state index in [0.29, 0.717) is 6.07 Å². The van der Waals surface area contributed by atoms with Crippen LogP contribution in [0.2, 0.25) is 0 Å². The predicted octanol–water partition coefficient (Wildman–Crippen LogP) is 0.394. The fraction of sp³-hybridized carbons (Fsp3) is 0.333. The predicted molar refractivity (Wildman–Crippen MR) is 66.1 cm³/mol. The first-order valence-corrected chi connectivity index (χ1v) is 5.97. The van der Waals surface area contributed by atoms with Crippen molar-refractivity contribution >= 4 is 17.6 Å². The van der Waals surface area contributed by atoms with Gasteiger partial charge in [0.1, 0.15) is 17.4 Å². The molecule has 2 rings (SSSR count). The summed E-state index contributed by atoms with van der Waals surface area (Å²) in [5, 5.41) is 29.4. The highest BCUT2D eigenvalue weighted by atomic mass is 19.1. The Hall–Kier alpha value is -2.55. The summed E-state index contributed by atoms with van der Waals surface area (Å²) in [5.74, 6) is -3.12. The SMILES string of the molecule is O=C(O)C1CC(O)CN1C(=O)c1ccc(F)cc1[N+](=O)[O-]. The van der Waals surface area contributed by atoms with Crippen LogP contribution in [0.25, 0.3) is 0 Å². The maximum Gasteiger partial charge on any atom is 0.326 e. The summed E-state index contributed by atoms with van der Waals surface area (Å²) in [6.07, 6.45) is -1.18. The quantitative estimate of drug-likeness (QED) is 0.615. The van der Waals surface area contributed by atoms with Crippen molar-refractivity contribution in [2.75, 3.05) is 6.54 Å². The number of β-amino-alcohol motifs (C(OH)–C–C–N with tert-alkyl or cyclic N) is 1. The lowest BCUT2D eigenvalue weighted by atomic mass is 10.1. The molecular formula is C12H11FN2O6. The highest BCUT2D eigenvalue weighted by Crippen LogP contribution is 2.26. The highest BCUT2D eigenvalue weighted by Gasteiger charge is 2.40. The number of aliphatic hydroxyl groups excluding tert-OH is 1. The van der Waals surface area contributed by atoms with Crippen molar-refractivity contribution in [1.82, 2.24) is 4.90 Å². The van der Waals surface area contributed by atoms with E-state index >= 15 is 0 Å². The second-order valence-electron chi connectivity index (χ2n) is 4.62. The van der Waals surface area contributed by atoms with Crippen molar-refractivity contribution in [2.45, 2.75) is 18.6 Å². The van der Waals surface area contributed by atoms with Crippen molar-refractivity contribution in [3.63, 3.8) is 0 Å². The van der Waals surface area contributed by atoms with Gasteiger partial charge >= 0.3 is 5.97 Å². The van der Waals surface area contributed by atoms with Gasteiger partial charge in [0.15, 0.2) is 0 Å². The number of aliphatic carboxylic acids is 1. The van der Waals surface area contributed by atoms with Gasteiger partial charge in [-0.25, -0.2) is 9.18 Å².